The molecule has 3 N–H and O–H groups in total. The third-order valence-electron chi connectivity index (χ3n) is 5.03. The maximum absolute atomic E-state index is 14.5. The van der Waals surface area contributed by atoms with E-state index in [1.54, 1.807) is 18.4 Å². The highest BCUT2D eigenvalue weighted by atomic mass is 32.2. The summed E-state index contributed by atoms with van der Waals surface area (Å²) in [6.45, 7) is 17.1. The van der Waals surface area contributed by atoms with Gasteiger partial charge in [-0.05, 0) is 37.5 Å². The molecule has 262 valence electrons. The Hall–Kier alpha value is -2.66. The number of carbonyl (C=O) groups is 1. The number of nitrogens with two attached hydrogens (primary N) is 1. The Bertz CT molecular complexity index is 989. The minimum absolute atomic E-state index is 0.0942. The van der Waals surface area contributed by atoms with Gasteiger partial charge in [-0.15, -0.1) is 0 Å². The van der Waals surface area contributed by atoms with Gasteiger partial charge in [0.2, 0.25) is 0 Å². The minimum Gasteiger partial charge on any atom is -0.463 e. The molecule has 0 saturated heterocycles. The van der Waals surface area contributed by atoms with E-state index in [9.17, 15) is 13.6 Å². The molecule has 0 unspecified atom stereocenters. The maximum Gasteiger partial charge on any atom is 0.333 e. The second-order valence-corrected chi connectivity index (χ2v) is 9.49. The molecule has 0 bridgehead atoms. The van der Waals surface area contributed by atoms with E-state index in [0.717, 1.165) is 6.08 Å². The largest absolute Gasteiger partial charge is 0.463 e. The highest BCUT2D eigenvalue weighted by molar-refractivity contribution is 8.00. The van der Waals surface area contributed by atoms with Crippen LogP contribution in [0, 0.1) is 0 Å². The third-order valence-corrected chi connectivity index (χ3v) is 5.70. The van der Waals surface area contributed by atoms with Gasteiger partial charge in [-0.1, -0.05) is 43.3 Å². The third kappa shape index (κ3) is 26.5. The molecule has 0 amide bonds. The molecular weight excluding hydrogens is 626 g/mol. The molecule has 0 aromatic heterocycles. The van der Waals surface area contributed by atoms with Crippen LogP contribution in [0.4, 0.5) is 8.78 Å². The summed E-state index contributed by atoms with van der Waals surface area (Å²) in [7, 11) is 0. The van der Waals surface area contributed by atoms with Crippen molar-refractivity contribution in [2.24, 2.45) is 5.73 Å². The predicted octanol–water partition coefficient (Wildman–Crippen LogP) is 4.61. The molecule has 0 aliphatic heterocycles. The second kappa shape index (κ2) is 32.3. The van der Waals surface area contributed by atoms with Crippen molar-refractivity contribution in [3.63, 3.8) is 0 Å². The van der Waals surface area contributed by atoms with Crippen LogP contribution in [0.15, 0.2) is 83.8 Å². The van der Waals surface area contributed by atoms with E-state index < -0.39 is 23.4 Å². The first kappa shape index (κ1) is 43.3. The van der Waals surface area contributed by atoms with Crippen LogP contribution in [-0.4, -0.2) is 105 Å². The standard InChI is InChI=1S/C32H50F2N2O9S/c1-5-29(45-31(28(4)33)30(34)11-7-9-27(3)32(37)44-6-2)10-8-26-46-36-13-15-39-17-19-41-21-23-43-25-24-42-22-20-40-18-16-38-14-12-35/h5,7-11,26,36H,1,4,6,12-25,35H2,2-3H3/b11-7+,26-8+,27-9+,29-10+,31-30-. The van der Waals surface area contributed by atoms with Crippen LogP contribution < -0.4 is 10.5 Å². The predicted molar refractivity (Wildman–Crippen MR) is 176 cm³/mol. The normalized spacial score (nSPS) is 13.0. The van der Waals surface area contributed by atoms with Crippen molar-refractivity contribution in [1.29, 1.82) is 0 Å². The van der Waals surface area contributed by atoms with Gasteiger partial charge in [0.25, 0.3) is 0 Å². The Balaban J connectivity index is 3.99. The molecule has 46 heavy (non-hydrogen) atoms. The van der Waals surface area contributed by atoms with Gasteiger partial charge in [0, 0.05) is 18.7 Å². The van der Waals surface area contributed by atoms with Gasteiger partial charge in [0.15, 0.2) is 17.4 Å². The SMILES string of the molecule is C=C/C(=C\C=C\SNCCOCCOCCOCCOCCOCCOCCN)O/C(C(=C)F)=C(F)/C=C/C=C(\C)C(=O)OCC. The lowest BCUT2D eigenvalue weighted by Gasteiger charge is -2.08. The monoisotopic (exact) mass is 676 g/mol. The number of carbonyl (C=O) groups excluding carboxylic acids is 1. The van der Waals surface area contributed by atoms with Crippen molar-refractivity contribution in [1.82, 2.24) is 4.72 Å². The van der Waals surface area contributed by atoms with Crippen molar-refractivity contribution >= 4 is 17.9 Å². The zero-order valence-electron chi connectivity index (χ0n) is 27.0. The van der Waals surface area contributed by atoms with E-state index in [1.165, 1.54) is 43.2 Å². The van der Waals surface area contributed by atoms with Gasteiger partial charge in [-0.25, -0.2) is 13.6 Å². The summed E-state index contributed by atoms with van der Waals surface area (Å²) < 4.78 is 73.9. The average molecular weight is 677 g/mol. The van der Waals surface area contributed by atoms with Crippen LogP contribution in [0.5, 0.6) is 0 Å². The number of ether oxygens (including phenoxy) is 8. The molecule has 0 aliphatic rings. The number of rotatable bonds is 31. The maximum atomic E-state index is 14.5. The van der Waals surface area contributed by atoms with E-state index in [4.69, 9.17) is 43.6 Å². The summed E-state index contributed by atoms with van der Waals surface area (Å²) in [6.07, 6.45) is 7.93. The van der Waals surface area contributed by atoms with Crippen LogP contribution in [-0.2, 0) is 42.7 Å². The zero-order chi connectivity index (χ0) is 34.1. The van der Waals surface area contributed by atoms with Crippen molar-refractivity contribution < 1.29 is 51.5 Å². The lowest BCUT2D eigenvalue weighted by Crippen LogP contribution is -2.16. The highest BCUT2D eigenvalue weighted by Gasteiger charge is 2.12. The molecule has 11 nitrogen and oxygen atoms in total. The smallest absolute Gasteiger partial charge is 0.333 e. The molecule has 14 heteroatoms. The van der Waals surface area contributed by atoms with E-state index in [1.807, 2.05) is 0 Å². The molecule has 0 radical (unpaired) electrons. The molecule has 0 spiro atoms. The lowest BCUT2D eigenvalue weighted by molar-refractivity contribution is -0.138. The minimum atomic E-state index is -1.11. The van der Waals surface area contributed by atoms with Crippen molar-refractivity contribution in [2.45, 2.75) is 13.8 Å². The van der Waals surface area contributed by atoms with E-state index in [-0.39, 0.29) is 17.9 Å². The molecule has 0 fully saturated rings. The van der Waals surface area contributed by atoms with Gasteiger partial charge in [-0.3, -0.25) is 4.72 Å². The van der Waals surface area contributed by atoms with Gasteiger partial charge in [0.05, 0.1) is 85.9 Å². The zero-order valence-corrected chi connectivity index (χ0v) is 27.8. The average Bonchev–Trinajstić information content (AvgIpc) is 3.04. The molecule has 0 rings (SSSR count). The van der Waals surface area contributed by atoms with Crippen LogP contribution in [0.25, 0.3) is 0 Å². The molecule has 0 aliphatic carbocycles. The Morgan fingerprint density at radius 3 is 1.83 bits per heavy atom. The fourth-order valence-electron chi connectivity index (χ4n) is 2.84. The Labute approximate surface area is 276 Å². The van der Waals surface area contributed by atoms with Gasteiger partial charge in [-0.2, -0.15) is 0 Å². The summed E-state index contributed by atoms with van der Waals surface area (Å²) in [5.41, 5.74) is 5.58. The second-order valence-electron chi connectivity index (χ2n) is 8.69. The fraction of sp³-hybridized carbons (Fsp3) is 0.531. The van der Waals surface area contributed by atoms with Gasteiger partial charge >= 0.3 is 5.97 Å². The van der Waals surface area contributed by atoms with Crippen molar-refractivity contribution in [3.05, 3.63) is 83.8 Å². The van der Waals surface area contributed by atoms with Crippen LogP contribution in [0.3, 0.4) is 0 Å². The summed E-state index contributed by atoms with van der Waals surface area (Å²) >= 11 is 1.29. The first-order valence-corrected chi connectivity index (χ1v) is 15.7. The number of hydrogen-bond donors (Lipinski definition) is 2. The fourth-order valence-corrected chi connectivity index (χ4v) is 3.29. The first-order valence-electron chi connectivity index (χ1n) is 14.9. The Morgan fingerprint density at radius 2 is 1.35 bits per heavy atom. The van der Waals surface area contributed by atoms with Gasteiger partial charge < -0.3 is 43.6 Å². The summed E-state index contributed by atoms with van der Waals surface area (Å²) in [5.74, 6) is -3.28. The molecule has 0 atom stereocenters. The van der Waals surface area contributed by atoms with Crippen LogP contribution in [0.1, 0.15) is 13.8 Å². The highest BCUT2D eigenvalue weighted by Crippen LogP contribution is 2.22. The number of nitrogens with one attached hydrogen (secondary N) is 1. The van der Waals surface area contributed by atoms with E-state index >= 15 is 0 Å². The topological polar surface area (TPSA) is 129 Å². The Morgan fingerprint density at radius 1 is 0.826 bits per heavy atom. The lowest BCUT2D eigenvalue weighted by atomic mass is 10.2. The van der Waals surface area contributed by atoms with Crippen LogP contribution in [0.2, 0.25) is 0 Å². The Kier molecular flexibility index (Phi) is 30.4. The quantitative estimate of drug-likeness (QED) is 0.0266. The summed E-state index contributed by atoms with van der Waals surface area (Å²) in [6, 6.07) is 0. The summed E-state index contributed by atoms with van der Waals surface area (Å²) in [4.78, 5) is 11.6. The van der Waals surface area contributed by atoms with E-state index in [2.05, 4.69) is 17.9 Å². The molecular formula is C32H50F2N2O9S. The van der Waals surface area contributed by atoms with Crippen LogP contribution >= 0.6 is 11.9 Å². The number of esters is 1. The first-order chi connectivity index (χ1) is 22.4. The summed E-state index contributed by atoms with van der Waals surface area (Å²) in [5, 5.41) is 1.71. The number of hydrogen-bond acceptors (Lipinski definition) is 12. The molecule has 0 heterocycles. The molecule has 0 aromatic carbocycles. The van der Waals surface area contributed by atoms with Gasteiger partial charge in [0.1, 0.15) is 5.76 Å². The molecule has 0 aromatic rings. The van der Waals surface area contributed by atoms with Crippen molar-refractivity contribution in [2.75, 3.05) is 99.0 Å². The number of allylic oxidation sites excluding steroid dienone is 8. The molecule has 0 saturated carbocycles. The van der Waals surface area contributed by atoms with E-state index in [0.29, 0.717) is 92.4 Å². The number of halogens is 2. The van der Waals surface area contributed by atoms with Crippen molar-refractivity contribution in [3.8, 4) is 0 Å².